The smallest absolute Gasteiger partial charge is 0.228 e. The molecule has 0 spiro atoms. The summed E-state index contributed by atoms with van der Waals surface area (Å²) in [5.41, 5.74) is 0.293. The predicted octanol–water partition coefficient (Wildman–Crippen LogP) is 0.519. The number of aliphatic carboxylic acids is 1. The molecule has 0 unspecified atom stereocenters. The highest BCUT2D eigenvalue weighted by molar-refractivity contribution is 5.97. The molecule has 1 saturated carbocycles. The van der Waals surface area contributed by atoms with Crippen LogP contribution in [0.3, 0.4) is 0 Å². The first-order chi connectivity index (χ1) is 9.58. The van der Waals surface area contributed by atoms with E-state index in [0.29, 0.717) is 12.1 Å². The molecule has 0 aromatic heterocycles. The van der Waals surface area contributed by atoms with Gasteiger partial charge in [-0.1, -0.05) is 24.3 Å². The lowest BCUT2D eigenvalue weighted by molar-refractivity contribution is -0.313. The number of carboxylic acid groups (broad SMARTS) is 1. The normalized spacial score (nSPS) is 30.4. The first-order valence-corrected chi connectivity index (χ1v) is 6.56. The Balaban J connectivity index is 1.82. The third-order valence-electron chi connectivity index (χ3n) is 4.20. The van der Waals surface area contributed by atoms with Gasteiger partial charge in [0.1, 0.15) is 5.75 Å². The van der Waals surface area contributed by atoms with Crippen molar-refractivity contribution in [2.75, 3.05) is 5.32 Å². The monoisotopic (exact) mass is 272 g/mol. The van der Waals surface area contributed by atoms with Crippen LogP contribution in [0.15, 0.2) is 36.4 Å². The van der Waals surface area contributed by atoms with Crippen LogP contribution in [0.4, 0.5) is 5.69 Å². The molecule has 0 saturated heterocycles. The molecule has 5 heteroatoms. The molecule has 1 amide bonds. The Bertz CT molecular complexity index is 595. The van der Waals surface area contributed by atoms with Gasteiger partial charge in [-0.05, 0) is 30.4 Å². The van der Waals surface area contributed by atoms with Crippen molar-refractivity contribution in [3.8, 4) is 5.75 Å². The molecule has 2 aliphatic carbocycles. The maximum absolute atomic E-state index is 12.3. The number of hydrogen-bond acceptors (Lipinski definition) is 4. The largest absolute Gasteiger partial charge is 0.550 e. The fourth-order valence-electron chi connectivity index (χ4n) is 3.30. The first kappa shape index (κ1) is 12.7. The number of anilines is 1. The molecule has 2 bridgehead atoms. The maximum atomic E-state index is 12.3. The van der Waals surface area contributed by atoms with Gasteiger partial charge in [0.05, 0.1) is 11.6 Å². The summed E-state index contributed by atoms with van der Waals surface area (Å²) in [7, 11) is 0. The van der Waals surface area contributed by atoms with Crippen molar-refractivity contribution in [1.29, 1.82) is 0 Å². The maximum Gasteiger partial charge on any atom is 0.228 e. The van der Waals surface area contributed by atoms with Crippen molar-refractivity contribution in [1.82, 2.24) is 0 Å². The van der Waals surface area contributed by atoms with Crippen LogP contribution in [0.2, 0.25) is 0 Å². The van der Waals surface area contributed by atoms with Gasteiger partial charge in [0, 0.05) is 11.9 Å². The van der Waals surface area contributed by atoms with Crippen LogP contribution in [-0.2, 0) is 9.59 Å². The number of aromatic hydroxyl groups is 1. The standard InChI is InChI=1S/C15H15NO4/c17-11-4-2-1-3-10(11)16-14(18)12-8-5-6-9(7-8)13(12)15(19)20/h1-6,8-9,12-13,17H,7H2,(H,16,18)(H,19,20)/p-1/t8-,9+,12-,13+/m1/s1. The number of carboxylic acids is 1. The lowest BCUT2D eigenvalue weighted by Crippen LogP contribution is -2.42. The average molecular weight is 272 g/mol. The number of phenolic OH excluding ortho intramolecular Hbond substituents is 1. The molecule has 4 atom stereocenters. The fraction of sp³-hybridized carbons (Fsp3) is 0.333. The van der Waals surface area contributed by atoms with Gasteiger partial charge >= 0.3 is 0 Å². The van der Waals surface area contributed by atoms with Gasteiger partial charge < -0.3 is 20.3 Å². The molecule has 1 aromatic carbocycles. The molecular weight excluding hydrogens is 258 g/mol. The van der Waals surface area contributed by atoms with Crippen molar-refractivity contribution in [3.05, 3.63) is 36.4 Å². The summed E-state index contributed by atoms with van der Waals surface area (Å²) in [5, 5.41) is 23.5. The Morgan fingerprint density at radius 3 is 2.45 bits per heavy atom. The summed E-state index contributed by atoms with van der Waals surface area (Å²) in [6, 6.07) is 6.37. The number of para-hydroxylation sites is 2. The molecule has 20 heavy (non-hydrogen) atoms. The number of carbonyl (C=O) groups excluding carboxylic acids is 2. The lowest BCUT2D eigenvalue weighted by Gasteiger charge is -2.27. The van der Waals surface area contributed by atoms with Crippen molar-refractivity contribution >= 4 is 17.6 Å². The minimum absolute atomic E-state index is 0.0375. The summed E-state index contributed by atoms with van der Waals surface area (Å²) in [4.78, 5) is 23.6. The number of nitrogens with one attached hydrogen (secondary N) is 1. The molecule has 0 heterocycles. The van der Waals surface area contributed by atoms with E-state index in [1.54, 1.807) is 18.2 Å². The summed E-state index contributed by atoms with van der Waals surface area (Å²) >= 11 is 0. The summed E-state index contributed by atoms with van der Waals surface area (Å²) < 4.78 is 0. The highest BCUT2D eigenvalue weighted by Crippen LogP contribution is 2.48. The van der Waals surface area contributed by atoms with Gasteiger partial charge in [-0.3, -0.25) is 4.79 Å². The van der Waals surface area contributed by atoms with E-state index >= 15 is 0 Å². The average Bonchev–Trinajstić information content (AvgIpc) is 3.01. The number of phenols is 1. The van der Waals surface area contributed by atoms with Crippen LogP contribution in [0.25, 0.3) is 0 Å². The fourth-order valence-corrected chi connectivity index (χ4v) is 3.30. The summed E-state index contributed by atoms with van der Waals surface area (Å²) in [5.74, 6) is -3.19. The lowest BCUT2D eigenvalue weighted by atomic mass is 9.82. The van der Waals surface area contributed by atoms with E-state index in [9.17, 15) is 19.8 Å². The number of rotatable bonds is 3. The topological polar surface area (TPSA) is 89.5 Å². The highest BCUT2D eigenvalue weighted by atomic mass is 16.4. The molecule has 104 valence electrons. The van der Waals surface area contributed by atoms with Gasteiger partial charge in [-0.15, -0.1) is 0 Å². The third kappa shape index (κ3) is 1.95. The van der Waals surface area contributed by atoms with Gasteiger partial charge in [0.25, 0.3) is 0 Å². The second kappa shape index (κ2) is 4.67. The number of hydrogen-bond donors (Lipinski definition) is 2. The van der Waals surface area contributed by atoms with E-state index in [2.05, 4.69) is 5.32 Å². The highest BCUT2D eigenvalue weighted by Gasteiger charge is 2.48. The van der Waals surface area contributed by atoms with Gasteiger partial charge in [0.2, 0.25) is 5.91 Å². The molecule has 2 aliphatic rings. The van der Waals surface area contributed by atoms with Crippen LogP contribution in [0, 0.1) is 23.7 Å². The predicted molar refractivity (Wildman–Crippen MR) is 69.5 cm³/mol. The number of carbonyl (C=O) groups is 2. The number of allylic oxidation sites excluding steroid dienone is 2. The number of benzene rings is 1. The molecule has 3 rings (SSSR count). The zero-order valence-corrected chi connectivity index (χ0v) is 10.7. The first-order valence-electron chi connectivity index (χ1n) is 6.56. The Morgan fingerprint density at radius 1 is 1.15 bits per heavy atom. The zero-order valence-electron chi connectivity index (χ0n) is 10.7. The van der Waals surface area contributed by atoms with Crippen LogP contribution in [-0.4, -0.2) is 17.0 Å². The third-order valence-corrected chi connectivity index (χ3v) is 4.20. The Morgan fingerprint density at radius 2 is 1.80 bits per heavy atom. The second-order valence-corrected chi connectivity index (χ2v) is 5.33. The Kier molecular flexibility index (Phi) is 2.97. The Hall–Kier alpha value is -2.30. The van der Waals surface area contributed by atoms with Crippen LogP contribution < -0.4 is 10.4 Å². The molecule has 0 aliphatic heterocycles. The van der Waals surface area contributed by atoms with Gasteiger partial charge in [-0.2, -0.15) is 0 Å². The molecule has 1 aromatic rings. The van der Waals surface area contributed by atoms with Gasteiger partial charge in [0.15, 0.2) is 0 Å². The molecule has 5 nitrogen and oxygen atoms in total. The van der Waals surface area contributed by atoms with Crippen LogP contribution in [0.5, 0.6) is 5.75 Å². The van der Waals surface area contributed by atoms with E-state index in [4.69, 9.17) is 0 Å². The van der Waals surface area contributed by atoms with Crippen LogP contribution >= 0.6 is 0 Å². The quantitative estimate of drug-likeness (QED) is 0.620. The van der Waals surface area contributed by atoms with E-state index in [0.717, 1.165) is 0 Å². The number of fused-ring (bicyclic) bond motifs is 2. The molecule has 0 radical (unpaired) electrons. The van der Waals surface area contributed by atoms with Crippen molar-refractivity contribution in [2.24, 2.45) is 23.7 Å². The SMILES string of the molecule is O=C([O-])[C@@H]1[C@H](C(=O)Nc2ccccc2O)[C@@H]2C=C[C@H]1C2. The number of amides is 1. The van der Waals surface area contributed by atoms with Crippen LogP contribution in [0.1, 0.15) is 6.42 Å². The summed E-state index contributed by atoms with van der Waals surface area (Å²) in [6.45, 7) is 0. The van der Waals surface area contributed by atoms with Crippen molar-refractivity contribution in [2.45, 2.75) is 6.42 Å². The van der Waals surface area contributed by atoms with E-state index < -0.39 is 17.8 Å². The van der Waals surface area contributed by atoms with Crippen molar-refractivity contribution in [3.63, 3.8) is 0 Å². The molecule has 1 fully saturated rings. The second-order valence-electron chi connectivity index (χ2n) is 5.33. The van der Waals surface area contributed by atoms with E-state index in [1.807, 2.05) is 12.2 Å². The van der Waals surface area contributed by atoms with Gasteiger partial charge in [-0.25, -0.2) is 0 Å². The molecular formula is C15H14NO4-. The van der Waals surface area contributed by atoms with Crippen molar-refractivity contribution < 1.29 is 19.8 Å². The molecule has 2 N–H and O–H groups in total. The van der Waals surface area contributed by atoms with E-state index in [-0.39, 0.29) is 23.5 Å². The zero-order chi connectivity index (χ0) is 14.3. The van der Waals surface area contributed by atoms with E-state index in [1.165, 1.54) is 6.07 Å². The minimum atomic E-state index is -1.18. The summed E-state index contributed by atoms with van der Waals surface area (Å²) in [6.07, 6.45) is 4.44. The minimum Gasteiger partial charge on any atom is -0.550 e. The Labute approximate surface area is 115 Å².